The zero-order valence-electron chi connectivity index (χ0n) is 14.2. The van der Waals surface area contributed by atoms with Crippen LogP contribution in [0, 0.1) is 0 Å². The number of hydrazine groups is 1. The van der Waals surface area contributed by atoms with Gasteiger partial charge >= 0.3 is 23.5 Å². The van der Waals surface area contributed by atoms with Gasteiger partial charge in [0.25, 0.3) is 5.76 Å². The average molecular weight is 348 g/mol. The number of imide groups is 1. The summed E-state index contributed by atoms with van der Waals surface area (Å²) >= 11 is 0. The van der Waals surface area contributed by atoms with Crippen molar-refractivity contribution >= 4 is 29.4 Å². The molecule has 0 bridgehead atoms. The van der Waals surface area contributed by atoms with Gasteiger partial charge in [0.2, 0.25) is 5.91 Å². The van der Waals surface area contributed by atoms with Gasteiger partial charge in [-0.05, 0) is 26.8 Å². The Morgan fingerprint density at radius 3 is 2.28 bits per heavy atom. The van der Waals surface area contributed by atoms with Gasteiger partial charge < -0.3 is 10.2 Å². The highest BCUT2D eigenvalue weighted by Gasteiger charge is 2.51. The highest BCUT2D eigenvalue weighted by Crippen LogP contribution is 2.26. The van der Waals surface area contributed by atoms with Crippen LogP contribution in [-0.4, -0.2) is 49.5 Å². The van der Waals surface area contributed by atoms with Crippen molar-refractivity contribution in [1.29, 1.82) is 0 Å². The van der Waals surface area contributed by atoms with Crippen LogP contribution in [0.3, 0.4) is 0 Å². The lowest BCUT2D eigenvalue weighted by molar-refractivity contribution is -0.578. The molecule has 2 rings (SSSR count). The van der Waals surface area contributed by atoms with Crippen molar-refractivity contribution in [1.82, 2.24) is 10.0 Å². The SMILES string of the molecule is CC(=O)N(N1C(=O)C(O)=C([n+]2cccc(C(=O)O)c2)C1=O)C(C)(C)C. The van der Waals surface area contributed by atoms with Gasteiger partial charge in [0.05, 0.1) is 5.54 Å². The van der Waals surface area contributed by atoms with Gasteiger partial charge in [0.1, 0.15) is 5.56 Å². The van der Waals surface area contributed by atoms with Crippen LogP contribution in [0.2, 0.25) is 0 Å². The largest absolute Gasteiger partial charge is 0.498 e. The second-order valence-electron chi connectivity index (χ2n) is 6.43. The van der Waals surface area contributed by atoms with Crippen LogP contribution in [0.1, 0.15) is 38.1 Å². The second-order valence-corrected chi connectivity index (χ2v) is 6.43. The van der Waals surface area contributed by atoms with Gasteiger partial charge in [-0.2, -0.15) is 9.58 Å². The third-order valence-electron chi connectivity index (χ3n) is 3.45. The fourth-order valence-corrected chi connectivity index (χ4v) is 2.56. The van der Waals surface area contributed by atoms with Crippen LogP contribution < -0.4 is 4.57 Å². The van der Waals surface area contributed by atoms with Crippen LogP contribution >= 0.6 is 0 Å². The quantitative estimate of drug-likeness (QED) is 0.600. The van der Waals surface area contributed by atoms with Gasteiger partial charge in [-0.3, -0.25) is 14.4 Å². The van der Waals surface area contributed by atoms with E-state index < -0.39 is 40.7 Å². The molecule has 0 saturated heterocycles. The number of amides is 3. The van der Waals surface area contributed by atoms with Crippen LogP contribution in [0.25, 0.3) is 5.70 Å². The number of aromatic nitrogens is 1. The normalized spacial score (nSPS) is 15.0. The Kier molecular flexibility index (Phi) is 4.35. The van der Waals surface area contributed by atoms with E-state index in [9.17, 15) is 24.3 Å². The molecule has 2 N–H and O–H groups in total. The van der Waals surface area contributed by atoms with Gasteiger partial charge in [0, 0.05) is 13.0 Å². The number of rotatable bonds is 3. The molecule has 3 amide bonds. The number of aliphatic hydroxyl groups excluding tert-OH is 1. The van der Waals surface area contributed by atoms with E-state index in [-0.39, 0.29) is 5.56 Å². The van der Waals surface area contributed by atoms with E-state index in [1.807, 2.05) is 0 Å². The van der Waals surface area contributed by atoms with Crippen LogP contribution in [0.15, 0.2) is 30.3 Å². The molecule has 0 saturated carbocycles. The molecule has 0 unspecified atom stereocenters. The minimum atomic E-state index is -1.23. The number of pyridine rings is 1. The summed E-state index contributed by atoms with van der Waals surface area (Å²) in [5.74, 6) is -4.65. The third-order valence-corrected chi connectivity index (χ3v) is 3.45. The topological polar surface area (TPSA) is 119 Å². The first-order chi connectivity index (χ1) is 11.5. The van der Waals surface area contributed by atoms with Gasteiger partial charge in [0.15, 0.2) is 12.4 Å². The van der Waals surface area contributed by atoms with Crippen molar-refractivity contribution in [3.63, 3.8) is 0 Å². The zero-order valence-corrected chi connectivity index (χ0v) is 14.2. The lowest BCUT2D eigenvalue weighted by atomic mass is 10.1. The summed E-state index contributed by atoms with van der Waals surface area (Å²) < 4.78 is 1.04. The minimum absolute atomic E-state index is 0.138. The maximum atomic E-state index is 12.7. The number of nitrogens with zero attached hydrogens (tertiary/aromatic N) is 3. The summed E-state index contributed by atoms with van der Waals surface area (Å²) in [7, 11) is 0. The van der Waals surface area contributed by atoms with Crippen LogP contribution in [0.5, 0.6) is 0 Å². The Balaban J connectivity index is 2.55. The van der Waals surface area contributed by atoms with E-state index >= 15 is 0 Å². The number of hydrogen-bond donors (Lipinski definition) is 2. The number of carboxylic acids is 1. The Morgan fingerprint density at radius 2 is 1.80 bits per heavy atom. The van der Waals surface area contributed by atoms with Crippen LogP contribution in [-0.2, 0) is 14.4 Å². The first-order valence-electron chi connectivity index (χ1n) is 7.34. The van der Waals surface area contributed by atoms with Gasteiger partial charge in [-0.1, -0.05) is 0 Å². The highest BCUT2D eigenvalue weighted by atomic mass is 16.4. The van der Waals surface area contributed by atoms with Crippen molar-refractivity contribution in [3.05, 3.63) is 35.8 Å². The summed E-state index contributed by atoms with van der Waals surface area (Å²) in [6.07, 6.45) is 2.42. The molecule has 1 aromatic heterocycles. The molecule has 9 nitrogen and oxygen atoms in total. The Morgan fingerprint density at radius 1 is 1.20 bits per heavy atom. The molecule has 1 aromatic rings. The predicted octanol–water partition coefficient (Wildman–Crippen LogP) is 0.330. The lowest BCUT2D eigenvalue weighted by Crippen LogP contribution is -2.58. The Labute approximate surface area is 143 Å². The highest BCUT2D eigenvalue weighted by molar-refractivity contribution is 6.29. The maximum Gasteiger partial charge on any atom is 0.349 e. The summed E-state index contributed by atoms with van der Waals surface area (Å²) in [6.45, 7) is 6.08. The molecular weight excluding hydrogens is 330 g/mol. The summed E-state index contributed by atoms with van der Waals surface area (Å²) in [4.78, 5) is 48.1. The minimum Gasteiger partial charge on any atom is -0.498 e. The number of aliphatic hydroxyl groups is 1. The molecule has 0 atom stereocenters. The molecule has 0 aliphatic carbocycles. The van der Waals surface area contributed by atoms with Crippen molar-refractivity contribution in [3.8, 4) is 0 Å². The number of aromatic carboxylic acids is 1. The number of carboxylic acid groups (broad SMARTS) is 1. The Hall–Kier alpha value is -3.23. The van der Waals surface area contributed by atoms with Gasteiger partial charge in [-0.15, -0.1) is 0 Å². The lowest BCUT2D eigenvalue weighted by Gasteiger charge is -2.38. The summed E-state index contributed by atoms with van der Waals surface area (Å²) in [5, 5.41) is 20.7. The molecule has 1 aliphatic heterocycles. The molecule has 0 aromatic carbocycles. The number of hydrogen-bond acceptors (Lipinski definition) is 5. The molecule has 25 heavy (non-hydrogen) atoms. The van der Waals surface area contributed by atoms with Crippen LogP contribution in [0.4, 0.5) is 0 Å². The third kappa shape index (κ3) is 3.08. The van der Waals surface area contributed by atoms with Crippen molar-refractivity contribution in [2.75, 3.05) is 0 Å². The summed E-state index contributed by atoms with van der Waals surface area (Å²) in [5.41, 5.74) is -1.47. The maximum absolute atomic E-state index is 12.7. The predicted molar refractivity (Wildman–Crippen MR) is 83.6 cm³/mol. The van der Waals surface area contributed by atoms with E-state index in [0.717, 1.165) is 15.8 Å². The van der Waals surface area contributed by atoms with E-state index in [0.29, 0.717) is 5.01 Å². The molecule has 132 valence electrons. The molecule has 0 spiro atoms. The van der Waals surface area contributed by atoms with E-state index in [2.05, 4.69) is 0 Å². The monoisotopic (exact) mass is 348 g/mol. The first kappa shape index (κ1) is 18.1. The van der Waals surface area contributed by atoms with Crippen molar-refractivity contribution in [2.24, 2.45) is 0 Å². The smallest absolute Gasteiger partial charge is 0.349 e. The second kappa shape index (κ2) is 6.00. The molecule has 0 radical (unpaired) electrons. The van der Waals surface area contributed by atoms with Crippen molar-refractivity contribution < 1.29 is 34.0 Å². The molecule has 9 heteroatoms. The van der Waals surface area contributed by atoms with Gasteiger partial charge in [-0.25, -0.2) is 9.80 Å². The van der Waals surface area contributed by atoms with E-state index in [4.69, 9.17) is 5.11 Å². The number of carbonyl (C=O) groups excluding carboxylic acids is 3. The molecule has 2 heterocycles. The average Bonchev–Trinajstić information content (AvgIpc) is 2.70. The van der Waals surface area contributed by atoms with Crippen molar-refractivity contribution in [2.45, 2.75) is 33.2 Å². The van der Waals surface area contributed by atoms with E-state index in [1.54, 1.807) is 20.8 Å². The standard InChI is InChI=1S/C16H17N3O6/c1-9(20)19(16(2,3)4)18-13(22)11(12(21)14(18)23)17-7-5-6-10(8-17)15(24)25/h5-8H,1-4H3,(H-,21,22,24,25)/p+1. The number of carbonyl (C=O) groups is 4. The summed E-state index contributed by atoms with van der Waals surface area (Å²) in [6, 6.07) is 2.66. The zero-order chi connectivity index (χ0) is 19.1. The molecular formula is C16H18N3O6+. The molecule has 1 aliphatic rings. The fourth-order valence-electron chi connectivity index (χ4n) is 2.56. The molecule has 0 fully saturated rings. The first-order valence-corrected chi connectivity index (χ1v) is 7.34. The van der Waals surface area contributed by atoms with E-state index in [1.165, 1.54) is 25.3 Å². The Bertz CT molecular complexity index is 821. The fraction of sp³-hybridized carbons (Fsp3) is 0.312.